The van der Waals surface area contributed by atoms with Crippen molar-refractivity contribution < 1.29 is 14.3 Å². The SMILES string of the molecule is CCN1C(=O)OC(=Cc2ccc(N(Cc3ccccc3)Cc3ccccc3)cc2)C1=O. The number of carbonyl (C=O) groups is 2. The van der Waals surface area contributed by atoms with Crippen LogP contribution in [0.3, 0.4) is 0 Å². The summed E-state index contributed by atoms with van der Waals surface area (Å²) in [6.45, 7) is 3.59. The summed E-state index contributed by atoms with van der Waals surface area (Å²) in [6.07, 6.45) is 0.991. The highest BCUT2D eigenvalue weighted by Gasteiger charge is 2.35. The third kappa shape index (κ3) is 4.83. The molecule has 0 radical (unpaired) electrons. The quantitative estimate of drug-likeness (QED) is 0.499. The van der Waals surface area contributed by atoms with E-state index >= 15 is 0 Å². The molecule has 1 aliphatic rings. The zero-order valence-electron chi connectivity index (χ0n) is 17.4. The average molecular weight is 412 g/mol. The molecule has 156 valence electrons. The van der Waals surface area contributed by atoms with E-state index in [4.69, 9.17) is 4.74 Å². The smallest absolute Gasteiger partial charge is 0.404 e. The van der Waals surface area contributed by atoms with Crippen LogP contribution in [0.15, 0.2) is 90.7 Å². The van der Waals surface area contributed by atoms with Crippen molar-refractivity contribution in [2.45, 2.75) is 20.0 Å². The van der Waals surface area contributed by atoms with E-state index in [1.54, 1.807) is 13.0 Å². The zero-order valence-corrected chi connectivity index (χ0v) is 17.4. The molecule has 0 N–H and O–H groups in total. The molecule has 0 saturated carbocycles. The van der Waals surface area contributed by atoms with E-state index in [2.05, 4.69) is 29.2 Å². The standard InChI is InChI=1S/C26H24N2O3/c1-2-28-25(29)24(31-26(28)30)17-20-13-15-23(16-14-20)27(18-21-9-5-3-6-10-21)19-22-11-7-4-8-12-22/h3-17H,2,18-19H2,1H3. The van der Waals surface area contributed by atoms with Gasteiger partial charge in [0, 0.05) is 25.3 Å². The number of nitrogens with zero attached hydrogens (tertiary/aromatic N) is 2. The summed E-state index contributed by atoms with van der Waals surface area (Å²) in [5, 5.41) is 0. The first-order chi connectivity index (χ1) is 15.1. The van der Waals surface area contributed by atoms with Gasteiger partial charge in [-0.15, -0.1) is 0 Å². The second kappa shape index (κ2) is 9.30. The number of carbonyl (C=O) groups excluding carboxylic acids is 2. The summed E-state index contributed by atoms with van der Waals surface area (Å²) in [5.41, 5.74) is 4.33. The molecule has 5 heteroatoms. The normalized spacial score (nSPS) is 14.7. The van der Waals surface area contributed by atoms with Gasteiger partial charge in [0.05, 0.1) is 0 Å². The Bertz CT molecular complexity index is 1040. The lowest BCUT2D eigenvalue weighted by molar-refractivity contribution is -0.123. The van der Waals surface area contributed by atoms with Crippen molar-refractivity contribution >= 4 is 23.8 Å². The molecular weight excluding hydrogens is 388 g/mol. The fraction of sp³-hybridized carbons (Fsp3) is 0.154. The Morgan fingerprint density at radius 3 is 1.84 bits per heavy atom. The maximum atomic E-state index is 12.2. The molecule has 0 unspecified atom stereocenters. The van der Waals surface area contributed by atoms with Gasteiger partial charge in [-0.25, -0.2) is 9.69 Å². The Morgan fingerprint density at radius 2 is 1.35 bits per heavy atom. The molecule has 2 amide bonds. The molecule has 3 aromatic rings. The molecule has 1 saturated heterocycles. The molecule has 1 fully saturated rings. The minimum atomic E-state index is -0.618. The topological polar surface area (TPSA) is 49.9 Å². The fourth-order valence-corrected chi connectivity index (χ4v) is 3.55. The number of cyclic esters (lactones) is 1. The lowest BCUT2D eigenvalue weighted by Crippen LogP contribution is -2.28. The van der Waals surface area contributed by atoms with Crippen LogP contribution in [-0.4, -0.2) is 23.4 Å². The van der Waals surface area contributed by atoms with Crippen LogP contribution < -0.4 is 4.90 Å². The number of likely N-dealkylation sites (N-methyl/N-ethyl adjacent to an activating group) is 1. The van der Waals surface area contributed by atoms with Crippen molar-refractivity contribution in [3.05, 3.63) is 107 Å². The largest absolute Gasteiger partial charge is 0.422 e. The number of hydrogen-bond donors (Lipinski definition) is 0. The fourth-order valence-electron chi connectivity index (χ4n) is 3.55. The highest BCUT2D eigenvalue weighted by atomic mass is 16.6. The van der Waals surface area contributed by atoms with Crippen molar-refractivity contribution in [3.63, 3.8) is 0 Å². The van der Waals surface area contributed by atoms with Crippen LogP contribution >= 0.6 is 0 Å². The van der Waals surface area contributed by atoms with Crippen molar-refractivity contribution in [2.75, 3.05) is 11.4 Å². The summed E-state index contributed by atoms with van der Waals surface area (Å²) >= 11 is 0. The van der Waals surface area contributed by atoms with E-state index in [1.807, 2.05) is 60.7 Å². The molecule has 31 heavy (non-hydrogen) atoms. The second-order valence-corrected chi connectivity index (χ2v) is 7.34. The number of imide groups is 1. The molecule has 0 bridgehead atoms. The van der Waals surface area contributed by atoms with Gasteiger partial charge in [-0.2, -0.15) is 0 Å². The van der Waals surface area contributed by atoms with Crippen molar-refractivity contribution in [3.8, 4) is 0 Å². The van der Waals surface area contributed by atoms with Gasteiger partial charge in [0.1, 0.15) is 0 Å². The van der Waals surface area contributed by atoms with E-state index < -0.39 is 12.0 Å². The van der Waals surface area contributed by atoms with Crippen LogP contribution in [0.4, 0.5) is 10.5 Å². The Hall–Kier alpha value is -3.86. The van der Waals surface area contributed by atoms with Crippen molar-refractivity contribution in [1.82, 2.24) is 4.90 Å². The molecule has 0 aliphatic carbocycles. The molecule has 0 spiro atoms. The van der Waals surface area contributed by atoms with Gasteiger partial charge in [-0.1, -0.05) is 72.8 Å². The van der Waals surface area contributed by atoms with Crippen molar-refractivity contribution in [2.24, 2.45) is 0 Å². The van der Waals surface area contributed by atoms with Gasteiger partial charge in [0.25, 0.3) is 5.91 Å². The first-order valence-corrected chi connectivity index (χ1v) is 10.3. The first-order valence-electron chi connectivity index (χ1n) is 10.3. The molecule has 4 rings (SSSR count). The molecular formula is C26H24N2O3. The molecule has 0 aromatic heterocycles. The molecule has 1 aliphatic heterocycles. The average Bonchev–Trinajstić information content (AvgIpc) is 3.07. The lowest BCUT2D eigenvalue weighted by Gasteiger charge is -2.25. The van der Waals surface area contributed by atoms with Crippen LogP contribution in [0, 0.1) is 0 Å². The number of ether oxygens (including phenoxy) is 1. The monoisotopic (exact) mass is 412 g/mol. The molecule has 5 nitrogen and oxygen atoms in total. The van der Waals surface area contributed by atoms with Crippen molar-refractivity contribution in [1.29, 1.82) is 0 Å². The van der Waals surface area contributed by atoms with Crippen LogP contribution in [0.5, 0.6) is 0 Å². The number of hydrogen-bond acceptors (Lipinski definition) is 4. The van der Waals surface area contributed by atoms with Gasteiger partial charge in [-0.3, -0.25) is 4.79 Å². The number of benzene rings is 3. The predicted molar refractivity (Wildman–Crippen MR) is 121 cm³/mol. The van der Waals surface area contributed by atoms with Gasteiger partial charge in [-0.05, 0) is 41.8 Å². The second-order valence-electron chi connectivity index (χ2n) is 7.34. The highest BCUT2D eigenvalue weighted by Crippen LogP contribution is 2.24. The first kappa shape index (κ1) is 20.4. The number of rotatable bonds is 7. The summed E-state index contributed by atoms with van der Waals surface area (Å²) in [7, 11) is 0. The van der Waals surface area contributed by atoms with Gasteiger partial charge >= 0.3 is 6.09 Å². The van der Waals surface area contributed by atoms with Gasteiger partial charge in [0.2, 0.25) is 0 Å². The van der Waals surface area contributed by atoms with Gasteiger partial charge in [0.15, 0.2) is 5.76 Å². The van der Waals surface area contributed by atoms with E-state index in [1.165, 1.54) is 11.1 Å². The van der Waals surface area contributed by atoms with Crippen LogP contribution in [0.25, 0.3) is 6.08 Å². The highest BCUT2D eigenvalue weighted by molar-refractivity contribution is 6.09. The molecule has 0 atom stereocenters. The summed E-state index contributed by atoms with van der Waals surface area (Å²) in [5.74, 6) is -0.337. The Morgan fingerprint density at radius 1 is 0.806 bits per heavy atom. The van der Waals surface area contributed by atoms with Crippen LogP contribution in [0.2, 0.25) is 0 Å². The predicted octanol–water partition coefficient (Wildman–Crippen LogP) is 5.23. The Balaban J connectivity index is 1.56. The number of amides is 2. The van der Waals surface area contributed by atoms with E-state index in [0.717, 1.165) is 29.2 Å². The van der Waals surface area contributed by atoms with E-state index in [-0.39, 0.29) is 5.76 Å². The maximum Gasteiger partial charge on any atom is 0.422 e. The Kier molecular flexibility index (Phi) is 6.13. The minimum absolute atomic E-state index is 0.0602. The number of anilines is 1. The van der Waals surface area contributed by atoms with E-state index in [9.17, 15) is 9.59 Å². The summed E-state index contributed by atoms with van der Waals surface area (Å²) < 4.78 is 5.10. The third-order valence-electron chi connectivity index (χ3n) is 5.18. The minimum Gasteiger partial charge on any atom is -0.404 e. The maximum absolute atomic E-state index is 12.2. The summed E-state index contributed by atoms with van der Waals surface area (Å²) in [6, 6.07) is 28.6. The molecule has 1 heterocycles. The molecule has 3 aromatic carbocycles. The summed E-state index contributed by atoms with van der Waals surface area (Å²) in [4.78, 5) is 27.4. The van der Waals surface area contributed by atoms with Crippen LogP contribution in [-0.2, 0) is 22.6 Å². The zero-order chi connectivity index (χ0) is 21.6. The van der Waals surface area contributed by atoms with Gasteiger partial charge < -0.3 is 9.64 Å². The van der Waals surface area contributed by atoms with E-state index in [0.29, 0.717) is 6.54 Å². The lowest BCUT2D eigenvalue weighted by atomic mass is 10.1. The Labute approximate surface area is 182 Å². The third-order valence-corrected chi connectivity index (χ3v) is 5.18. The van der Waals surface area contributed by atoms with Crippen LogP contribution in [0.1, 0.15) is 23.6 Å².